The Morgan fingerprint density at radius 3 is 2.79 bits per heavy atom. The first-order valence-corrected chi connectivity index (χ1v) is 20.8. The van der Waals surface area contributed by atoms with E-state index in [1.807, 2.05) is 0 Å². The van der Waals surface area contributed by atoms with E-state index >= 15 is 0 Å². The zero-order valence-corrected chi connectivity index (χ0v) is 28.6. The van der Waals surface area contributed by atoms with Gasteiger partial charge in [-0.25, -0.2) is 14.5 Å². The van der Waals surface area contributed by atoms with Crippen LogP contribution in [0, 0.1) is 22.7 Å². The predicted molar refractivity (Wildman–Crippen MR) is 163 cm³/mol. The number of thiol groups is 1. The molecule has 14 nitrogen and oxygen atoms in total. The van der Waals surface area contributed by atoms with Gasteiger partial charge in [-0.05, 0) is 24.6 Å². The van der Waals surface area contributed by atoms with Gasteiger partial charge in [0.05, 0.1) is 44.8 Å². The van der Waals surface area contributed by atoms with Crippen molar-refractivity contribution in [1.29, 1.82) is 10.7 Å². The van der Waals surface area contributed by atoms with Crippen molar-refractivity contribution in [1.82, 2.24) is 15.3 Å². The maximum atomic E-state index is 13.5. The van der Waals surface area contributed by atoms with E-state index in [0.717, 1.165) is 6.34 Å². The van der Waals surface area contributed by atoms with Crippen molar-refractivity contribution < 1.29 is 41.1 Å². The molecule has 1 saturated carbocycles. The van der Waals surface area contributed by atoms with Crippen LogP contribution in [0.2, 0.25) is 18.1 Å². The van der Waals surface area contributed by atoms with Crippen LogP contribution >= 0.6 is 27.6 Å². The summed E-state index contributed by atoms with van der Waals surface area (Å²) in [4.78, 5) is 8.04. The number of ether oxygens (including phenoxy) is 2. The molecular formula is C25H41N5O9P2SSi. The number of nitriles is 1. The highest BCUT2D eigenvalue weighted by Crippen LogP contribution is 2.58. The van der Waals surface area contributed by atoms with Crippen LogP contribution in [0.3, 0.4) is 0 Å². The van der Waals surface area contributed by atoms with Crippen LogP contribution in [0.25, 0.3) is 0 Å². The van der Waals surface area contributed by atoms with Crippen LogP contribution in [0.1, 0.15) is 40.0 Å². The van der Waals surface area contributed by atoms with Gasteiger partial charge >= 0.3 is 15.4 Å². The monoisotopic (exact) mass is 677 g/mol. The minimum absolute atomic E-state index is 0.0919. The van der Waals surface area contributed by atoms with Gasteiger partial charge in [0.2, 0.25) is 5.88 Å². The first-order chi connectivity index (χ1) is 20.3. The predicted octanol–water partition coefficient (Wildman–Crippen LogP) is 4.96. The van der Waals surface area contributed by atoms with Crippen LogP contribution in [0.5, 0.6) is 5.88 Å². The quantitative estimate of drug-likeness (QED) is 0.0799. The van der Waals surface area contributed by atoms with Gasteiger partial charge in [0, 0.05) is 24.6 Å². The fourth-order valence-corrected chi connectivity index (χ4v) is 8.76. The molecule has 9 atom stereocenters. The van der Waals surface area contributed by atoms with Crippen LogP contribution < -0.4 is 10.1 Å². The average molecular weight is 678 g/mol. The number of rotatable bonds is 9. The van der Waals surface area contributed by atoms with Gasteiger partial charge in [-0.15, -0.1) is 0 Å². The molecule has 1 aromatic heterocycles. The Bertz CT molecular complexity index is 1160. The summed E-state index contributed by atoms with van der Waals surface area (Å²) in [5.41, 5.74) is 0. The molecule has 3 fully saturated rings. The molecule has 2 aliphatic heterocycles. The molecule has 0 amide bonds. The normalized spacial score (nSPS) is 35.5. The first kappa shape index (κ1) is 34.7. The summed E-state index contributed by atoms with van der Waals surface area (Å²) >= 11 is 4.30. The van der Waals surface area contributed by atoms with E-state index in [2.05, 4.69) is 67.5 Å². The van der Waals surface area contributed by atoms with Gasteiger partial charge in [0.15, 0.2) is 14.5 Å². The molecular weight excluding hydrogens is 636 g/mol. The molecule has 3 aliphatic rings. The third-order valence-corrected chi connectivity index (χ3v) is 15.2. The average Bonchev–Trinajstić information content (AvgIpc) is 3.44. The number of hydrogen-bond donors (Lipinski definition) is 3. The third-order valence-electron chi connectivity index (χ3n) is 7.91. The molecule has 2 N–H and O–H groups in total. The van der Waals surface area contributed by atoms with Crippen molar-refractivity contribution in [3.63, 3.8) is 0 Å². The van der Waals surface area contributed by atoms with Gasteiger partial charge in [-0.2, -0.15) is 5.26 Å². The minimum Gasteiger partial charge on any atom is -0.474 e. The van der Waals surface area contributed by atoms with E-state index in [-0.39, 0.29) is 43.3 Å². The van der Waals surface area contributed by atoms with Crippen molar-refractivity contribution in [2.24, 2.45) is 5.92 Å². The summed E-state index contributed by atoms with van der Waals surface area (Å²) in [5.74, 6) is 0.143. The van der Waals surface area contributed by atoms with Crippen molar-refractivity contribution in [3.05, 3.63) is 18.6 Å². The molecule has 4 rings (SSSR count). The van der Waals surface area contributed by atoms with Crippen molar-refractivity contribution in [2.45, 2.75) is 94.9 Å². The Morgan fingerprint density at radius 2 is 2.12 bits per heavy atom. The molecule has 18 heteroatoms. The van der Waals surface area contributed by atoms with Crippen molar-refractivity contribution in [3.8, 4) is 11.9 Å². The SMILES string of the molecule is CC(C)(C)[Si](C)(C)OC1[C@@H]2COP(=O)(S)O[C@H]3C[C@H](Oc4ccncn4)C[C@@H]3COP(OCCC#N)O[C@H]1[C@H](NC=N)O2. The summed E-state index contributed by atoms with van der Waals surface area (Å²) in [5, 5.41) is 19.5. The summed E-state index contributed by atoms with van der Waals surface area (Å²) in [6.07, 6.45) is 1.12. The van der Waals surface area contributed by atoms with Crippen LogP contribution in [0.4, 0.5) is 0 Å². The topological polar surface area (TPSA) is 176 Å². The van der Waals surface area contributed by atoms with Crippen LogP contribution in [-0.4, -0.2) is 81.2 Å². The van der Waals surface area contributed by atoms with E-state index in [4.69, 9.17) is 47.2 Å². The summed E-state index contributed by atoms with van der Waals surface area (Å²) in [7, 11) is -4.40. The van der Waals surface area contributed by atoms with E-state index in [0.29, 0.717) is 18.7 Å². The molecule has 2 bridgehead atoms. The summed E-state index contributed by atoms with van der Waals surface area (Å²) < 4.78 is 62.9. The van der Waals surface area contributed by atoms with E-state index in [1.54, 1.807) is 12.3 Å². The highest BCUT2D eigenvalue weighted by molar-refractivity contribution is 8.44. The number of nitrogens with one attached hydrogen (secondary N) is 2. The van der Waals surface area contributed by atoms with Gasteiger partial charge in [-0.3, -0.25) is 14.5 Å². The first-order valence-electron chi connectivity index (χ1n) is 14.1. The lowest BCUT2D eigenvalue weighted by atomic mass is 10.1. The summed E-state index contributed by atoms with van der Waals surface area (Å²) in [6, 6.07) is 3.72. The molecule has 1 aliphatic carbocycles. The van der Waals surface area contributed by atoms with E-state index in [9.17, 15) is 4.57 Å². The maximum absolute atomic E-state index is 13.5. The van der Waals surface area contributed by atoms with Crippen LogP contribution in [0.15, 0.2) is 18.6 Å². The van der Waals surface area contributed by atoms with E-state index < -0.39 is 54.4 Å². The van der Waals surface area contributed by atoms with Crippen LogP contribution in [-0.2, 0) is 36.3 Å². The molecule has 1 aromatic rings. The van der Waals surface area contributed by atoms with Gasteiger partial charge in [-0.1, -0.05) is 33.0 Å². The van der Waals surface area contributed by atoms with Gasteiger partial charge in [0.25, 0.3) is 0 Å². The van der Waals surface area contributed by atoms with Crippen molar-refractivity contribution in [2.75, 3.05) is 19.8 Å². The largest absolute Gasteiger partial charge is 0.474 e. The Morgan fingerprint density at radius 1 is 1.33 bits per heavy atom. The second-order valence-electron chi connectivity index (χ2n) is 12.0. The molecule has 3 heterocycles. The lowest BCUT2D eigenvalue weighted by Gasteiger charge is -2.40. The second kappa shape index (κ2) is 14.9. The number of fused-ring (bicyclic) bond motifs is 3. The minimum atomic E-state index is -3.88. The Kier molecular flexibility index (Phi) is 12.0. The molecule has 2 saturated heterocycles. The lowest BCUT2D eigenvalue weighted by molar-refractivity contribution is -0.0237. The maximum Gasteiger partial charge on any atom is 0.386 e. The Labute approximate surface area is 260 Å². The third kappa shape index (κ3) is 9.40. The van der Waals surface area contributed by atoms with Gasteiger partial charge in [0.1, 0.15) is 30.7 Å². The second-order valence-corrected chi connectivity index (χ2v) is 20.8. The number of aromatic nitrogens is 2. The lowest BCUT2D eigenvalue weighted by Crippen LogP contribution is -2.51. The molecule has 0 aromatic carbocycles. The molecule has 43 heavy (non-hydrogen) atoms. The Balaban J connectivity index is 1.61. The molecule has 240 valence electrons. The molecule has 3 unspecified atom stereocenters. The molecule has 0 spiro atoms. The highest BCUT2D eigenvalue weighted by atomic mass is 32.7. The van der Waals surface area contributed by atoms with Gasteiger partial charge < -0.3 is 32.8 Å². The zero-order valence-electron chi connectivity index (χ0n) is 25.0. The Hall–Kier alpha value is -1.21. The molecule has 0 radical (unpaired) electrons. The fourth-order valence-electron chi connectivity index (χ4n) is 4.70. The van der Waals surface area contributed by atoms with Crippen molar-refractivity contribution >= 4 is 42.3 Å². The smallest absolute Gasteiger partial charge is 0.386 e. The number of hydrogen-bond acceptors (Lipinski definition) is 13. The number of nitrogens with zero attached hydrogens (tertiary/aromatic N) is 3. The van der Waals surface area contributed by atoms with E-state index in [1.165, 1.54) is 6.33 Å². The zero-order chi connectivity index (χ0) is 31.3. The fraction of sp³-hybridized carbons (Fsp3) is 0.760. The standard InChI is InChI=1S/C25H41N5O9P2SSi/c1-25(2,3)43(4,5)39-22-20-14-34-41(31,42)38-19-12-18(35-21-7-9-28-16-30-21)11-17(19)13-33-40(32-10-6-8-26)37-23(22)24(36-20)29-15-27/h7,9,15-20,22-24H,6,10-14H2,1-5H3,(H2,27,29)(H,31,42)/t17-,18-,19+,20+,22?,23-,24-,40?,41?/m1/s1. The highest BCUT2D eigenvalue weighted by Gasteiger charge is 2.53. The summed E-state index contributed by atoms with van der Waals surface area (Å²) in [6.45, 7) is 6.71.